The standard InChI is InChI=1S/C19H26O5/c1-9(2)17(20)24-16-13-12(5)18(21)23-15(13)14-10(3)7-6-8-11(4)19(14,16)22/h8-9,12-16,22H,3,6-7H2,1-2,4-5H3. The Balaban J connectivity index is 2.10. The number of ether oxygens (including phenoxy) is 2. The number of fused-ring (bicyclic) bond motifs is 3. The fourth-order valence-electron chi connectivity index (χ4n) is 4.44. The van der Waals surface area contributed by atoms with Crippen LogP contribution in [0.4, 0.5) is 0 Å². The van der Waals surface area contributed by atoms with Crippen LogP contribution in [0, 0.1) is 23.7 Å². The molecule has 3 aliphatic rings. The monoisotopic (exact) mass is 334 g/mol. The van der Waals surface area contributed by atoms with Crippen molar-refractivity contribution < 1.29 is 24.2 Å². The van der Waals surface area contributed by atoms with Crippen LogP contribution in [0.25, 0.3) is 0 Å². The average Bonchev–Trinajstić information content (AvgIpc) is 2.87. The maximum atomic E-state index is 12.3. The first-order valence-electron chi connectivity index (χ1n) is 8.67. The number of aliphatic hydroxyl groups is 1. The van der Waals surface area contributed by atoms with E-state index in [4.69, 9.17) is 9.47 Å². The lowest BCUT2D eigenvalue weighted by atomic mass is 9.79. The van der Waals surface area contributed by atoms with Gasteiger partial charge < -0.3 is 14.6 Å². The molecule has 1 saturated heterocycles. The molecule has 0 aromatic carbocycles. The largest absolute Gasteiger partial charge is 0.461 e. The van der Waals surface area contributed by atoms with Gasteiger partial charge in [-0.05, 0) is 25.3 Å². The fourth-order valence-corrected chi connectivity index (χ4v) is 4.44. The third kappa shape index (κ3) is 2.25. The van der Waals surface area contributed by atoms with Crippen molar-refractivity contribution in [2.45, 2.75) is 58.3 Å². The maximum absolute atomic E-state index is 12.3. The minimum atomic E-state index is -1.36. The molecule has 2 fully saturated rings. The third-order valence-corrected chi connectivity index (χ3v) is 5.87. The topological polar surface area (TPSA) is 72.8 Å². The number of esters is 2. The Morgan fingerprint density at radius 1 is 1.50 bits per heavy atom. The molecule has 6 unspecified atom stereocenters. The van der Waals surface area contributed by atoms with Crippen molar-refractivity contribution >= 4 is 11.9 Å². The van der Waals surface area contributed by atoms with E-state index in [0.717, 1.165) is 24.0 Å². The van der Waals surface area contributed by atoms with E-state index < -0.39 is 29.6 Å². The Kier molecular flexibility index (Phi) is 4.11. The lowest BCUT2D eigenvalue weighted by Crippen LogP contribution is -2.50. The van der Waals surface area contributed by atoms with Crippen molar-refractivity contribution in [3.05, 3.63) is 23.8 Å². The second-order valence-electron chi connectivity index (χ2n) is 7.67. The molecule has 1 N–H and O–H groups in total. The van der Waals surface area contributed by atoms with Gasteiger partial charge in [-0.2, -0.15) is 0 Å². The molecule has 0 aromatic heterocycles. The van der Waals surface area contributed by atoms with Crippen molar-refractivity contribution in [2.75, 3.05) is 0 Å². The average molecular weight is 334 g/mol. The van der Waals surface area contributed by atoms with Gasteiger partial charge in [0.25, 0.3) is 0 Å². The summed E-state index contributed by atoms with van der Waals surface area (Å²) in [6, 6.07) is 0. The van der Waals surface area contributed by atoms with Crippen LogP contribution in [-0.2, 0) is 19.1 Å². The molecule has 0 aromatic rings. The van der Waals surface area contributed by atoms with Gasteiger partial charge >= 0.3 is 11.9 Å². The van der Waals surface area contributed by atoms with Gasteiger partial charge in [0.1, 0.15) is 17.8 Å². The highest BCUT2D eigenvalue weighted by Crippen LogP contribution is 2.56. The molecule has 1 heterocycles. The number of allylic oxidation sites excluding steroid dienone is 1. The predicted octanol–water partition coefficient (Wildman–Crippen LogP) is 2.39. The van der Waals surface area contributed by atoms with Crippen LogP contribution in [0.15, 0.2) is 23.8 Å². The van der Waals surface area contributed by atoms with E-state index >= 15 is 0 Å². The van der Waals surface area contributed by atoms with Gasteiger partial charge in [0, 0.05) is 0 Å². The number of rotatable bonds is 2. The van der Waals surface area contributed by atoms with Gasteiger partial charge in [-0.3, -0.25) is 9.59 Å². The van der Waals surface area contributed by atoms with Crippen molar-refractivity contribution in [1.82, 2.24) is 0 Å². The Labute approximate surface area is 142 Å². The van der Waals surface area contributed by atoms with Crippen molar-refractivity contribution in [1.29, 1.82) is 0 Å². The van der Waals surface area contributed by atoms with E-state index in [9.17, 15) is 14.7 Å². The summed E-state index contributed by atoms with van der Waals surface area (Å²) in [7, 11) is 0. The first kappa shape index (κ1) is 17.2. The first-order chi connectivity index (χ1) is 11.2. The fraction of sp³-hybridized carbons (Fsp3) is 0.684. The zero-order valence-electron chi connectivity index (χ0n) is 14.7. The number of hydrogen-bond donors (Lipinski definition) is 1. The molecular weight excluding hydrogens is 308 g/mol. The van der Waals surface area contributed by atoms with Crippen LogP contribution in [0.1, 0.15) is 40.5 Å². The Morgan fingerprint density at radius 2 is 2.17 bits per heavy atom. The number of hydrogen-bond acceptors (Lipinski definition) is 5. The number of carbonyl (C=O) groups is 2. The summed E-state index contributed by atoms with van der Waals surface area (Å²) >= 11 is 0. The Morgan fingerprint density at radius 3 is 2.79 bits per heavy atom. The second kappa shape index (κ2) is 5.73. The molecule has 24 heavy (non-hydrogen) atoms. The normalized spacial score (nSPS) is 41.4. The van der Waals surface area contributed by atoms with Crippen LogP contribution in [0.5, 0.6) is 0 Å². The highest BCUT2D eigenvalue weighted by atomic mass is 16.6. The van der Waals surface area contributed by atoms with Crippen molar-refractivity contribution in [3.63, 3.8) is 0 Å². The summed E-state index contributed by atoms with van der Waals surface area (Å²) in [6.45, 7) is 11.3. The molecular formula is C19H26O5. The quantitative estimate of drug-likeness (QED) is 0.620. The molecule has 6 atom stereocenters. The first-order valence-corrected chi connectivity index (χ1v) is 8.67. The zero-order chi connectivity index (χ0) is 17.8. The van der Waals surface area contributed by atoms with Gasteiger partial charge in [-0.25, -0.2) is 0 Å². The lowest BCUT2D eigenvalue weighted by molar-refractivity contribution is -0.170. The van der Waals surface area contributed by atoms with E-state index in [1.165, 1.54) is 0 Å². The third-order valence-electron chi connectivity index (χ3n) is 5.87. The Bertz CT molecular complexity index is 619. The summed E-state index contributed by atoms with van der Waals surface area (Å²) in [5.74, 6) is -2.18. The smallest absolute Gasteiger partial charge is 0.309 e. The van der Waals surface area contributed by atoms with Crippen molar-refractivity contribution in [2.24, 2.45) is 23.7 Å². The number of carbonyl (C=O) groups excluding carboxylic acids is 2. The maximum Gasteiger partial charge on any atom is 0.309 e. The molecule has 0 spiro atoms. The summed E-state index contributed by atoms with van der Waals surface area (Å²) in [5.41, 5.74) is 0.263. The van der Waals surface area contributed by atoms with E-state index in [1.807, 2.05) is 13.0 Å². The predicted molar refractivity (Wildman–Crippen MR) is 87.8 cm³/mol. The Hall–Kier alpha value is -1.62. The van der Waals surface area contributed by atoms with Gasteiger partial charge in [0.05, 0.1) is 23.7 Å². The molecule has 0 amide bonds. The van der Waals surface area contributed by atoms with Crippen LogP contribution in [-0.4, -0.2) is 34.9 Å². The molecule has 5 nitrogen and oxygen atoms in total. The molecule has 0 radical (unpaired) electrons. The van der Waals surface area contributed by atoms with Gasteiger partial charge in [-0.1, -0.05) is 39.0 Å². The van der Waals surface area contributed by atoms with Crippen LogP contribution < -0.4 is 0 Å². The van der Waals surface area contributed by atoms with Crippen LogP contribution >= 0.6 is 0 Å². The minimum absolute atomic E-state index is 0.295. The van der Waals surface area contributed by atoms with Gasteiger partial charge in [0.2, 0.25) is 0 Å². The van der Waals surface area contributed by atoms with E-state index in [0.29, 0.717) is 0 Å². The highest BCUT2D eigenvalue weighted by Gasteiger charge is 2.69. The molecule has 0 bridgehead atoms. The molecule has 1 saturated carbocycles. The van der Waals surface area contributed by atoms with Gasteiger partial charge in [0.15, 0.2) is 0 Å². The van der Waals surface area contributed by atoms with E-state index in [2.05, 4.69) is 6.58 Å². The summed E-state index contributed by atoms with van der Waals surface area (Å²) in [5, 5.41) is 11.6. The zero-order valence-corrected chi connectivity index (χ0v) is 14.7. The minimum Gasteiger partial charge on any atom is -0.461 e. The second-order valence-corrected chi connectivity index (χ2v) is 7.67. The highest BCUT2D eigenvalue weighted by molar-refractivity contribution is 5.77. The molecule has 1 aliphatic heterocycles. The molecule has 132 valence electrons. The summed E-state index contributed by atoms with van der Waals surface area (Å²) < 4.78 is 11.3. The van der Waals surface area contributed by atoms with Crippen LogP contribution in [0.2, 0.25) is 0 Å². The van der Waals surface area contributed by atoms with Crippen molar-refractivity contribution in [3.8, 4) is 0 Å². The lowest BCUT2D eigenvalue weighted by Gasteiger charge is -2.37. The molecule has 5 heteroatoms. The molecule has 2 aliphatic carbocycles. The summed E-state index contributed by atoms with van der Waals surface area (Å²) in [6.07, 6.45) is 2.19. The van der Waals surface area contributed by atoms with Crippen LogP contribution in [0.3, 0.4) is 0 Å². The molecule has 3 rings (SSSR count). The SMILES string of the molecule is C=C1CCC=C(C)C2(O)C(OC(=O)C(C)C)C3C(C)C(=O)OC3C12. The van der Waals surface area contributed by atoms with Gasteiger partial charge in [-0.15, -0.1) is 0 Å². The van der Waals surface area contributed by atoms with E-state index in [-0.39, 0.29) is 23.8 Å². The van der Waals surface area contributed by atoms with E-state index in [1.54, 1.807) is 20.8 Å². The summed E-state index contributed by atoms with van der Waals surface area (Å²) in [4.78, 5) is 24.4.